The maximum Gasteiger partial charge on any atom is 0.136 e. The van der Waals surface area contributed by atoms with Gasteiger partial charge in [-0.1, -0.05) is 13.8 Å². The summed E-state index contributed by atoms with van der Waals surface area (Å²) < 4.78 is 5.25. The van der Waals surface area contributed by atoms with E-state index in [1.165, 1.54) is 0 Å². The van der Waals surface area contributed by atoms with Gasteiger partial charge in [0, 0.05) is 12.0 Å². The third kappa shape index (κ3) is 3.51. The topological polar surface area (TPSA) is 33.5 Å². The Labute approximate surface area is 91.1 Å². The number of ketones is 1. The van der Waals surface area contributed by atoms with Crippen molar-refractivity contribution in [3.63, 3.8) is 0 Å². The van der Waals surface area contributed by atoms with Crippen LogP contribution in [0.5, 0.6) is 0 Å². The molecule has 84 valence electrons. The van der Waals surface area contributed by atoms with E-state index in [4.69, 9.17) is 4.42 Å². The zero-order chi connectivity index (χ0) is 11.5. The molecule has 3 heteroatoms. The summed E-state index contributed by atoms with van der Waals surface area (Å²) in [6.45, 7) is 7.05. The minimum absolute atomic E-state index is 0.216. The Hall–Kier alpha value is -1.09. The molecular weight excluding hydrogens is 190 g/mol. The second kappa shape index (κ2) is 4.62. The van der Waals surface area contributed by atoms with Crippen molar-refractivity contribution in [3.05, 3.63) is 24.2 Å². The first-order valence-electron chi connectivity index (χ1n) is 5.14. The quantitative estimate of drug-likeness (QED) is 0.746. The van der Waals surface area contributed by atoms with Gasteiger partial charge in [0.2, 0.25) is 0 Å². The van der Waals surface area contributed by atoms with Gasteiger partial charge in [-0.2, -0.15) is 0 Å². The van der Waals surface area contributed by atoms with Gasteiger partial charge >= 0.3 is 0 Å². The molecule has 15 heavy (non-hydrogen) atoms. The molecule has 1 aromatic heterocycles. The van der Waals surface area contributed by atoms with E-state index in [1.54, 1.807) is 13.2 Å². The molecule has 0 aromatic carbocycles. The van der Waals surface area contributed by atoms with E-state index in [2.05, 4.69) is 4.90 Å². The SMILES string of the molecule is CC(=O)C(C)(C)CN(C)Cc1ccco1. The Kier molecular flexibility index (Phi) is 3.69. The van der Waals surface area contributed by atoms with E-state index in [1.807, 2.05) is 33.0 Å². The summed E-state index contributed by atoms with van der Waals surface area (Å²) in [7, 11) is 1.99. The van der Waals surface area contributed by atoms with Gasteiger partial charge in [-0.15, -0.1) is 0 Å². The molecule has 0 aliphatic carbocycles. The molecule has 0 saturated heterocycles. The first kappa shape index (κ1) is 12.0. The normalized spacial score (nSPS) is 12.1. The lowest BCUT2D eigenvalue weighted by atomic mass is 9.88. The molecule has 0 saturated carbocycles. The molecule has 0 N–H and O–H groups in total. The predicted molar refractivity (Wildman–Crippen MR) is 59.5 cm³/mol. The molecule has 1 rings (SSSR count). The van der Waals surface area contributed by atoms with E-state index >= 15 is 0 Å². The van der Waals surface area contributed by atoms with E-state index in [-0.39, 0.29) is 11.2 Å². The van der Waals surface area contributed by atoms with Crippen molar-refractivity contribution < 1.29 is 9.21 Å². The highest BCUT2D eigenvalue weighted by Gasteiger charge is 2.25. The summed E-state index contributed by atoms with van der Waals surface area (Å²) in [4.78, 5) is 13.5. The van der Waals surface area contributed by atoms with Crippen LogP contribution in [0.3, 0.4) is 0 Å². The molecule has 0 fully saturated rings. The van der Waals surface area contributed by atoms with Gasteiger partial charge in [0.1, 0.15) is 11.5 Å². The summed E-state index contributed by atoms with van der Waals surface area (Å²) in [5, 5.41) is 0. The molecule has 0 atom stereocenters. The molecule has 1 aromatic rings. The van der Waals surface area contributed by atoms with Crippen molar-refractivity contribution in [3.8, 4) is 0 Å². The molecule has 0 radical (unpaired) electrons. The number of hydrogen-bond acceptors (Lipinski definition) is 3. The lowest BCUT2D eigenvalue weighted by Crippen LogP contribution is -2.35. The Bertz CT molecular complexity index is 314. The zero-order valence-electron chi connectivity index (χ0n) is 9.91. The Morgan fingerprint density at radius 1 is 1.53 bits per heavy atom. The smallest absolute Gasteiger partial charge is 0.136 e. The molecule has 0 aliphatic heterocycles. The van der Waals surface area contributed by atoms with Crippen LogP contribution in [0.1, 0.15) is 26.5 Å². The molecule has 0 spiro atoms. The molecule has 3 nitrogen and oxygen atoms in total. The van der Waals surface area contributed by atoms with Crippen molar-refractivity contribution in [1.82, 2.24) is 4.90 Å². The van der Waals surface area contributed by atoms with Crippen LogP contribution in [-0.2, 0) is 11.3 Å². The highest BCUT2D eigenvalue weighted by atomic mass is 16.3. The average molecular weight is 209 g/mol. The molecule has 0 amide bonds. The number of hydrogen-bond donors (Lipinski definition) is 0. The van der Waals surface area contributed by atoms with Gasteiger partial charge in [-0.3, -0.25) is 9.69 Å². The van der Waals surface area contributed by atoms with Gasteiger partial charge in [-0.25, -0.2) is 0 Å². The molecule has 0 unspecified atom stereocenters. The van der Waals surface area contributed by atoms with Gasteiger partial charge in [-0.05, 0) is 26.1 Å². The van der Waals surface area contributed by atoms with Crippen molar-refractivity contribution in [2.24, 2.45) is 5.41 Å². The molecule has 1 heterocycles. The van der Waals surface area contributed by atoms with Gasteiger partial charge in [0.05, 0.1) is 12.8 Å². The second-order valence-corrected chi connectivity index (χ2v) is 4.69. The van der Waals surface area contributed by atoms with Crippen molar-refractivity contribution in [1.29, 1.82) is 0 Å². The second-order valence-electron chi connectivity index (χ2n) is 4.69. The Morgan fingerprint density at radius 3 is 2.67 bits per heavy atom. The fourth-order valence-corrected chi connectivity index (χ4v) is 1.51. The lowest BCUT2D eigenvalue weighted by Gasteiger charge is -2.27. The van der Waals surface area contributed by atoms with Crippen LogP contribution < -0.4 is 0 Å². The van der Waals surface area contributed by atoms with Crippen molar-refractivity contribution in [2.45, 2.75) is 27.3 Å². The number of rotatable bonds is 5. The monoisotopic (exact) mass is 209 g/mol. The van der Waals surface area contributed by atoms with Crippen LogP contribution in [0.4, 0.5) is 0 Å². The Morgan fingerprint density at radius 2 is 2.20 bits per heavy atom. The number of nitrogens with zero attached hydrogens (tertiary/aromatic N) is 1. The fourth-order valence-electron chi connectivity index (χ4n) is 1.51. The van der Waals surface area contributed by atoms with Crippen molar-refractivity contribution in [2.75, 3.05) is 13.6 Å². The molecule has 0 bridgehead atoms. The summed E-state index contributed by atoms with van der Waals surface area (Å²) in [6, 6.07) is 3.82. The zero-order valence-corrected chi connectivity index (χ0v) is 9.91. The van der Waals surface area contributed by atoms with E-state index in [9.17, 15) is 4.79 Å². The molecular formula is C12H19NO2. The third-order valence-corrected chi connectivity index (χ3v) is 2.62. The van der Waals surface area contributed by atoms with Gasteiger partial charge in [0.25, 0.3) is 0 Å². The average Bonchev–Trinajstić information content (AvgIpc) is 2.54. The van der Waals surface area contributed by atoms with Crippen LogP contribution in [0, 0.1) is 5.41 Å². The van der Waals surface area contributed by atoms with E-state index in [0.29, 0.717) is 0 Å². The minimum atomic E-state index is -0.290. The fraction of sp³-hybridized carbons (Fsp3) is 0.583. The third-order valence-electron chi connectivity index (χ3n) is 2.62. The summed E-state index contributed by atoms with van der Waals surface area (Å²) >= 11 is 0. The van der Waals surface area contributed by atoms with E-state index < -0.39 is 0 Å². The number of carbonyl (C=O) groups is 1. The minimum Gasteiger partial charge on any atom is -0.468 e. The van der Waals surface area contributed by atoms with E-state index in [0.717, 1.165) is 18.8 Å². The van der Waals surface area contributed by atoms with Crippen LogP contribution >= 0.6 is 0 Å². The Balaban J connectivity index is 2.49. The highest BCUT2D eigenvalue weighted by molar-refractivity contribution is 5.81. The lowest BCUT2D eigenvalue weighted by molar-refractivity contribution is -0.125. The molecule has 0 aliphatic rings. The van der Waals surface area contributed by atoms with Crippen LogP contribution in [0.25, 0.3) is 0 Å². The first-order chi connectivity index (χ1) is 6.92. The first-order valence-corrected chi connectivity index (χ1v) is 5.14. The highest BCUT2D eigenvalue weighted by Crippen LogP contribution is 2.18. The van der Waals surface area contributed by atoms with Crippen LogP contribution in [0.15, 0.2) is 22.8 Å². The maximum absolute atomic E-state index is 11.4. The largest absolute Gasteiger partial charge is 0.468 e. The predicted octanol–water partition coefficient (Wildman–Crippen LogP) is 2.33. The van der Waals surface area contributed by atoms with Crippen LogP contribution in [-0.4, -0.2) is 24.3 Å². The number of furan rings is 1. The van der Waals surface area contributed by atoms with Crippen molar-refractivity contribution >= 4 is 5.78 Å². The summed E-state index contributed by atoms with van der Waals surface area (Å²) in [6.07, 6.45) is 1.67. The van der Waals surface area contributed by atoms with Gasteiger partial charge < -0.3 is 4.42 Å². The van der Waals surface area contributed by atoms with Crippen LogP contribution in [0.2, 0.25) is 0 Å². The number of carbonyl (C=O) groups excluding carboxylic acids is 1. The summed E-state index contributed by atoms with van der Waals surface area (Å²) in [5.41, 5.74) is -0.290. The van der Waals surface area contributed by atoms with Gasteiger partial charge in [0.15, 0.2) is 0 Å². The maximum atomic E-state index is 11.4. The standard InChI is InChI=1S/C12H19NO2/c1-10(14)12(2,3)9-13(4)8-11-6-5-7-15-11/h5-7H,8-9H2,1-4H3. The number of Topliss-reactive ketones (excluding diaryl/α,β-unsaturated/α-hetero) is 1. The summed E-state index contributed by atoms with van der Waals surface area (Å²) in [5.74, 6) is 1.14.